The van der Waals surface area contributed by atoms with E-state index in [0.29, 0.717) is 19.8 Å². The molecule has 2 atom stereocenters. The molecule has 0 saturated carbocycles. The van der Waals surface area contributed by atoms with Crippen LogP contribution < -0.4 is 20.5 Å². The zero-order chi connectivity index (χ0) is 16.9. The topological polar surface area (TPSA) is 73.6 Å². The Balaban J connectivity index is 0.00000225. The zero-order valence-corrected chi connectivity index (χ0v) is 14.9. The molecule has 25 heavy (non-hydrogen) atoms. The van der Waals surface area contributed by atoms with Crippen molar-refractivity contribution in [3.8, 4) is 11.5 Å². The Morgan fingerprint density at radius 1 is 1.12 bits per heavy atom. The number of amides is 1. The molecule has 2 unspecified atom stereocenters. The molecule has 0 aliphatic carbocycles. The van der Waals surface area contributed by atoms with Gasteiger partial charge < -0.3 is 20.5 Å². The molecule has 0 radical (unpaired) electrons. The summed E-state index contributed by atoms with van der Waals surface area (Å²) < 4.78 is 11.1. The predicted molar refractivity (Wildman–Crippen MR) is 99.1 cm³/mol. The van der Waals surface area contributed by atoms with Gasteiger partial charge in [0.2, 0.25) is 5.91 Å². The number of carbonyl (C=O) groups excluding carboxylic acids is 1. The second-order valence-corrected chi connectivity index (χ2v) is 5.92. The standard InChI is InChI=1S/C19H22N2O3.ClH/c1-13(18(20)15-5-3-2-4-6-15)19(22)21-12-14-7-8-16-17(11-14)24-10-9-23-16;/h2-8,11,13,18H,9-10,12,20H2,1H3,(H,21,22);1H. The van der Waals surface area contributed by atoms with E-state index in [2.05, 4.69) is 5.32 Å². The molecule has 134 valence electrons. The second kappa shape index (κ2) is 8.74. The molecule has 1 aliphatic heterocycles. The van der Waals surface area contributed by atoms with Gasteiger partial charge in [0, 0.05) is 12.6 Å². The number of halogens is 1. The van der Waals surface area contributed by atoms with Crippen LogP contribution in [-0.4, -0.2) is 19.1 Å². The fraction of sp³-hybridized carbons (Fsp3) is 0.316. The number of nitrogens with one attached hydrogen (secondary N) is 1. The van der Waals surface area contributed by atoms with Gasteiger partial charge in [-0.25, -0.2) is 0 Å². The summed E-state index contributed by atoms with van der Waals surface area (Å²) in [5, 5.41) is 2.94. The highest BCUT2D eigenvalue weighted by molar-refractivity contribution is 5.85. The lowest BCUT2D eigenvalue weighted by atomic mass is 9.94. The summed E-state index contributed by atoms with van der Waals surface area (Å²) in [7, 11) is 0. The SMILES string of the molecule is CC(C(=O)NCc1ccc2c(c1)OCCO2)C(N)c1ccccc1.Cl. The minimum Gasteiger partial charge on any atom is -0.486 e. The van der Waals surface area contributed by atoms with E-state index in [1.807, 2.05) is 55.5 Å². The lowest BCUT2D eigenvalue weighted by molar-refractivity contribution is -0.125. The summed E-state index contributed by atoms with van der Waals surface area (Å²) in [6, 6.07) is 15.0. The van der Waals surface area contributed by atoms with Crippen LogP contribution in [-0.2, 0) is 11.3 Å². The molecule has 0 fully saturated rings. The third-order valence-electron chi connectivity index (χ3n) is 4.21. The minimum absolute atomic E-state index is 0. The number of nitrogens with two attached hydrogens (primary N) is 1. The van der Waals surface area contributed by atoms with Crippen molar-refractivity contribution in [2.75, 3.05) is 13.2 Å². The molecule has 3 rings (SSSR count). The minimum atomic E-state index is -0.327. The Hall–Kier alpha value is -2.24. The highest BCUT2D eigenvalue weighted by Gasteiger charge is 2.22. The summed E-state index contributed by atoms with van der Waals surface area (Å²) in [5.41, 5.74) is 8.13. The third-order valence-corrected chi connectivity index (χ3v) is 4.21. The van der Waals surface area contributed by atoms with Gasteiger partial charge in [0.25, 0.3) is 0 Å². The van der Waals surface area contributed by atoms with Crippen LogP contribution in [0.25, 0.3) is 0 Å². The zero-order valence-electron chi connectivity index (χ0n) is 14.1. The monoisotopic (exact) mass is 362 g/mol. The predicted octanol–water partition coefficient (Wildman–Crippen LogP) is 2.83. The summed E-state index contributed by atoms with van der Waals surface area (Å²) in [4.78, 5) is 12.4. The van der Waals surface area contributed by atoms with Gasteiger partial charge in [-0.2, -0.15) is 0 Å². The van der Waals surface area contributed by atoms with Crippen LogP contribution in [0.4, 0.5) is 0 Å². The van der Waals surface area contributed by atoms with Crippen LogP contribution in [0.3, 0.4) is 0 Å². The summed E-state index contributed by atoms with van der Waals surface area (Å²) in [5.74, 6) is 1.09. The van der Waals surface area contributed by atoms with E-state index in [0.717, 1.165) is 22.6 Å². The molecular weight excluding hydrogens is 340 g/mol. The van der Waals surface area contributed by atoms with Crippen LogP contribution in [0, 0.1) is 5.92 Å². The van der Waals surface area contributed by atoms with Gasteiger partial charge in [-0.15, -0.1) is 12.4 Å². The van der Waals surface area contributed by atoms with Gasteiger partial charge in [0.05, 0.1) is 5.92 Å². The van der Waals surface area contributed by atoms with E-state index >= 15 is 0 Å². The summed E-state index contributed by atoms with van der Waals surface area (Å²) in [6.07, 6.45) is 0. The molecule has 1 amide bonds. The number of benzene rings is 2. The summed E-state index contributed by atoms with van der Waals surface area (Å²) in [6.45, 7) is 3.39. The molecule has 2 aromatic rings. The van der Waals surface area contributed by atoms with Crippen molar-refractivity contribution in [2.24, 2.45) is 11.7 Å². The number of carbonyl (C=O) groups is 1. The van der Waals surface area contributed by atoms with Crippen molar-refractivity contribution >= 4 is 18.3 Å². The second-order valence-electron chi connectivity index (χ2n) is 5.92. The molecule has 3 N–H and O–H groups in total. The maximum Gasteiger partial charge on any atom is 0.225 e. The third kappa shape index (κ3) is 4.65. The number of hydrogen-bond acceptors (Lipinski definition) is 4. The first kappa shape index (κ1) is 19.1. The maximum atomic E-state index is 12.4. The highest BCUT2D eigenvalue weighted by atomic mass is 35.5. The lowest BCUT2D eigenvalue weighted by Crippen LogP contribution is -2.35. The van der Waals surface area contributed by atoms with Gasteiger partial charge in [0.1, 0.15) is 13.2 Å². The van der Waals surface area contributed by atoms with Crippen molar-refractivity contribution in [3.63, 3.8) is 0 Å². The van der Waals surface area contributed by atoms with E-state index in [1.165, 1.54) is 0 Å². The van der Waals surface area contributed by atoms with Crippen LogP contribution in [0.1, 0.15) is 24.1 Å². The van der Waals surface area contributed by atoms with Crippen molar-refractivity contribution in [3.05, 3.63) is 59.7 Å². The van der Waals surface area contributed by atoms with Crippen LogP contribution >= 0.6 is 12.4 Å². The number of hydrogen-bond donors (Lipinski definition) is 2. The normalized spacial score (nSPS) is 14.8. The Morgan fingerprint density at radius 3 is 2.52 bits per heavy atom. The molecular formula is C19H23ClN2O3. The van der Waals surface area contributed by atoms with Gasteiger partial charge >= 0.3 is 0 Å². The Labute approximate surface area is 153 Å². The van der Waals surface area contributed by atoms with E-state index in [1.54, 1.807) is 0 Å². The first-order valence-corrected chi connectivity index (χ1v) is 8.12. The smallest absolute Gasteiger partial charge is 0.225 e. The molecule has 1 heterocycles. The maximum absolute atomic E-state index is 12.4. The first-order chi connectivity index (χ1) is 11.6. The van der Waals surface area contributed by atoms with Crippen molar-refractivity contribution in [1.82, 2.24) is 5.32 Å². The fourth-order valence-corrected chi connectivity index (χ4v) is 2.67. The number of rotatable bonds is 5. The van der Waals surface area contributed by atoms with E-state index in [9.17, 15) is 4.79 Å². The largest absolute Gasteiger partial charge is 0.486 e. The Morgan fingerprint density at radius 2 is 1.80 bits per heavy atom. The molecule has 0 aromatic heterocycles. The number of ether oxygens (including phenoxy) is 2. The highest BCUT2D eigenvalue weighted by Crippen LogP contribution is 2.30. The molecule has 6 heteroatoms. The molecule has 5 nitrogen and oxygen atoms in total. The van der Waals surface area contributed by atoms with Crippen molar-refractivity contribution in [1.29, 1.82) is 0 Å². The van der Waals surface area contributed by atoms with Crippen LogP contribution in [0.2, 0.25) is 0 Å². The average molecular weight is 363 g/mol. The van der Waals surface area contributed by atoms with Gasteiger partial charge in [-0.1, -0.05) is 43.3 Å². The first-order valence-electron chi connectivity index (χ1n) is 8.12. The van der Waals surface area contributed by atoms with E-state index < -0.39 is 0 Å². The summed E-state index contributed by atoms with van der Waals surface area (Å²) >= 11 is 0. The fourth-order valence-electron chi connectivity index (χ4n) is 2.67. The number of fused-ring (bicyclic) bond motifs is 1. The van der Waals surface area contributed by atoms with Crippen molar-refractivity contribution in [2.45, 2.75) is 19.5 Å². The molecule has 0 saturated heterocycles. The Bertz CT molecular complexity index is 709. The average Bonchev–Trinajstić information content (AvgIpc) is 2.65. The molecule has 1 aliphatic rings. The molecule has 2 aromatic carbocycles. The van der Waals surface area contributed by atoms with Gasteiger partial charge in [-0.05, 0) is 23.3 Å². The van der Waals surface area contributed by atoms with Crippen LogP contribution in [0.5, 0.6) is 11.5 Å². The van der Waals surface area contributed by atoms with E-state index in [-0.39, 0.29) is 30.3 Å². The molecule has 0 spiro atoms. The van der Waals surface area contributed by atoms with Gasteiger partial charge in [-0.3, -0.25) is 4.79 Å². The Kier molecular flexibility index (Phi) is 6.67. The van der Waals surface area contributed by atoms with E-state index in [4.69, 9.17) is 15.2 Å². The van der Waals surface area contributed by atoms with Crippen LogP contribution in [0.15, 0.2) is 48.5 Å². The quantitative estimate of drug-likeness (QED) is 0.857. The molecule has 0 bridgehead atoms. The van der Waals surface area contributed by atoms with Gasteiger partial charge in [0.15, 0.2) is 11.5 Å². The lowest BCUT2D eigenvalue weighted by Gasteiger charge is -2.21. The van der Waals surface area contributed by atoms with Crippen molar-refractivity contribution < 1.29 is 14.3 Å².